The van der Waals surface area contributed by atoms with Crippen LogP contribution in [0.1, 0.15) is 45.7 Å². The second-order valence-electron chi connectivity index (χ2n) is 5.39. The third-order valence-electron chi connectivity index (χ3n) is 3.37. The fourth-order valence-electron chi connectivity index (χ4n) is 1.93. The van der Waals surface area contributed by atoms with Crippen molar-refractivity contribution < 1.29 is 4.79 Å². The zero-order chi connectivity index (χ0) is 14.3. The number of hydrogen-bond acceptors (Lipinski definition) is 2. The molecule has 1 aromatic rings. The van der Waals surface area contributed by atoms with Gasteiger partial charge in [-0.2, -0.15) is 0 Å². The van der Waals surface area contributed by atoms with Crippen molar-refractivity contribution in [2.24, 2.45) is 5.92 Å². The Balaban J connectivity index is 2.57. The van der Waals surface area contributed by atoms with Gasteiger partial charge in [0, 0.05) is 6.04 Å². The zero-order valence-corrected chi connectivity index (χ0v) is 12.4. The Bertz CT molecular complexity index is 376. The summed E-state index contributed by atoms with van der Waals surface area (Å²) < 4.78 is 0. The molecule has 0 saturated carbocycles. The first kappa shape index (κ1) is 15.7. The Labute approximate surface area is 116 Å². The van der Waals surface area contributed by atoms with Crippen LogP contribution in [0, 0.1) is 5.92 Å². The highest BCUT2D eigenvalue weighted by molar-refractivity contribution is 5.78. The number of benzene rings is 1. The van der Waals surface area contributed by atoms with Gasteiger partial charge in [0.15, 0.2) is 0 Å². The summed E-state index contributed by atoms with van der Waals surface area (Å²) in [4.78, 5) is 12.0. The van der Waals surface area contributed by atoms with Gasteiger partial charge in [-0.1, -0.05) is 51.1 Å². The Kier molecular flexibility index (Phi) is 6.57. The van der Waals surface area contributed by atoms with E-state index in [0.717, 1.165) is 12.0 Å². The molecule has 0 aromatic heterocycles. The van der Waals surface area contributed by atoms with Gasteiger partial charge < -0.3 is 10.6 Å². The lowest BCUT2D eigenvalue weighted by atomic mass is 9.96. The average Bonchev–Trinajstić information content (AvgIpc) is 2.42. The highest BCUT2D eigenvalue weighted by atomic mass is 16.2. The summed E-state index contributed by atoms with van der Waals surface area (Å²) in [6, 6.07) is 10.6. The summed E-state index contributed by atoms with van der Waals surface area (Å²) in [5.74, 6) is 0.429. The van der Waals surface area contributed by atoms with Gasteiger partial charge in [0.05, 0.1) is 12.6 Å². The first-order chi connectivity index (χ1) is 9.04. The minimum Gasteiger partial charge on any atom is -0.348 e. The molecule has 3 nitrogen and oxygen atoms in total. The molecule has 0 aliphatic rings. The van der Waals surface area contributed by atoms with Crippen LogP contribution in [0.15, 0.2) is 30.3 Å². The normalized spacial score (nSPS) is 14.2. The van der Waals surface area contributed by atoms with E-state index in [1.54, 1.807) is 0 Å². The van der Waals surface area contributed by atoms with Gasteiger partial charge in [0.1, 0.15) is 0 Å². The number of amides is 1. The van der Waals surface area contributed by atoms with Crippen LogP contribution < -0.4 is 10.6 Å². The van der Waals surface area contributed by atoms with Crippen LogP contribution in [0.25, 0.3) is 0 Å². The first-order valence-corrected chi connectivity index (χ1v) is 7.12. The first-order valence-electron chi connectivity index (χ1n) is 7.12. The lowest BCUT2D eigenvalue weighted by molar-refractivity contribution is -0.121. The molecule has 0 spiro atoms. The lowest BCUT2D eigenvalue weighted by Gasteiger charge is -2.23. The van der Waals surface area contributed by atoms with Crippen LogP contribution in [0.2, 0.25) is 0 Å². The molecule has 1 rings (SSSR count). The van der Waals surface area contributed by atoms with Crippen molar-refractivity contribution in [3.05, 3.63) is 35.9 Å². The molecule has 2 N–H and O–H groups in total. The van der Waals surface area contributed by atoms with Gasteiger partial charge in [-0.3, -0.25) is 4.79 Å². The topological polar surface area (TPSA) is 41.1 Å². The largest absolute Gasteiger partial charge is 0.348 e. The number of rotatable bonds is 7. The van der Waals surface area contributed by atoms with E-state index < -0.39 is 0 Å². The van der Waals surface area contributed by atoms with E-state index in [9.17, 15) is 4.79 Å². The van der Waals surface area contributed by atoms with E-state index in [0.29, 0.717) is 18.5 Å². The number of hydrogen-bond donors (Lipinski definition) is 2. The maximum atomic E-state index is 12.0. The van der Waals surface area contributed by atoms with E-state index in [2.05, 4.69) is 50.5 Å². The second-order valence-corrected chi connectivity index (χ2v) is 5.39. The van der Waals surface area contributed by atoms with Crippen molar-refractivity contribution in [2.45, 2.75) is 46.2 Å². The Morgan fingerprint density at radius 1 is 1.16 bits per heavy atom. The molecule has 2 atom stereocenters. The fraction of sp³-hybridized carbons (Fsp3) is 0.562. The molecule has 3 heteroatoms. The molecule has 1 aromatic carbocycles. The fourth-order valence-corrected chi connectivity index (χ4v) is 1.93. The maximum absolute atomic E-state index is 12.0. The molecule has 19 heavy (non-hydrogen) atoms. The predicted molar refractivity (Wildman–Crippen MR) is 79.9 cm³/mol. The van der Waals surface area contributed by atoms with E-state index in [4.69, 9.17) is 0 Å². The van der Waals surface area contributed by atoms with E-state index >= 15 is 0 Å². The van der Waals surface area contributed by atoms with Crippen LogP contribution in [-0.4, -0.2) is 18.5 Å². The summed E-state index contributed by atoms with van der Waals surface area (Å²) in [6.45, 7) is 8.83. The second kappa shape index (κ2) is 7.95. The van der Waals surface area contributed by atoms with Crippen molar-refractivity contribution in [3.63, 3.8) is 0 Å². The molecule has 0 heterocycles. The molecule has 2 unspecified atom stereocenters. The standard InChI is InChI=1S/C16H26N2O/c1-5-13(4)17-11-15(19)18-16(12(2)3)14-9-7-6-8-10-14/h6-10,12-13,16-17H,5,11H2,1-4H3,(H,18,19). The van der Waals surface area contributed by atoms with Crippen LogP contribution in [0.3, 0.4) is 0 Å². The summed E-state index contributed by atoms with van der Waals surface area (Å²) >= 11 is 0. The van der Waals surface area contributed by atoms with Crippen molar-refractivity contribution >= 4 is 5.91 Å². The molecule has 0 aliphatic heterocycles. The van der Waals surface area contributed by atoms with Crippen molar-refractivity contribution in [1.82, 2.24) is 10.6 Å². The van der Waals surface area contributed by atoms with Crippen molar-refractivity contribution in [3.8, 4) is 0 Å². The molecule has 0 fully saturated rings. The van der Waals surface area contributed by atoms with Crippen LogP contribution in [-0.2, 0) is 4.79 Å². The van der Waals surface area contributed by atoms with E-state index in [1.807, 2.05) is 18.2 Å². The third kappa shape index (κ3) is 5.43. The number of carbonyl (C=O) groups is 1. The highest BCUT2D eigenvalue weighted by Crippen LogP contribution is 2.20. The molecule has 0 aliphatic carbocycles. The Morgan fingerprint density at radius 3 is 2.32 bits per heavy atom. The minimum atomic E-state index is 0.0582. The molecule has 106 valence electrons. The van der Waals surface area contributed by atoms with Gasteiger partial charge in [0.25, 0.3) is 0 Å². The third-order valence-corrected chi connectivity index (χ3v) is 3.37. The van der Waals surface area contributed by atoms with Gasteiger partial charge in [-0.25, -0.2) is 0 Å². The van der Waals surface area contributed by atoms with Gasteiger partial charge in [0.2, 0.25) is 5.91 Å². The monoisotopic (exact) mass is 262 g/mol. The van der Waals surface area contributed by atoms with E-state index in [-0.39, 0.29) is 11.9 Å². The molecular formula is C16H26N2O. The SMILES string of the molecule is CCC(C)NCC(=O)NC(c1ccccc1)C(C)C. The van der Waals surface area contributed by atoms with Crippen molar-refractivity contribution in [2.75, 3.05) is 6.54 Å². The van der Waals surface area contributed by atoms with Crippen LogP contribution in [0.5, 0.6) is 0 Å². The molecule has 1 amide bonds. The predicted octanol–water partition coefficient (Wildman–Crippen LogP) is 2.89. The Hall–Kier alpha value is -1.35. The number of carbonyl (C=O) groups excluding carboxylic acids is 1. The zero-order valence-electron chi connectivity index (χ0n) is 12.4. The van der Waals surface area contributed by atoms with Gasteiger partial charge in [-0.15, -0.1) is 0 Å². The van der Waals surface area contributed by atoms with Crippen LogP contribution in [0.4, 0.5) is 0 Å². The Morgan fingerprint density at radius 2 is 1.79 bits per heavy atom. The maximum Gasteiger partial charge on any atom is 0.234 e. The molecule has 0 saturated heterocycles. The summed E-state index contributed by atoms with van der Waals surface area (Å²) in [7, 11) is 0. The lowest BCUT2D eigenvalue weighted by Crippen LogP contribution is -2.40. The van der Waals surface area contributed by atoms with Crippen molar-refractivity contribution in [1.29, 1.82) is 0 Å². The molecule has 0 bridgehead atoms. The number of nitrogens with one attached hydrogen (secondary N) is 2. The molecular weight excluding hydrogens is 236 g/mol. The minimum absolute atomic E-state index is 0.0582. The summed E-state index contributed by atoms with van der Waals surface area (Å²) in [6.07, 6.45) is 1.03. The average molecular weight is 262 g/mol. The van der Waals surface area contributed by atoms with Gasteiger partial charge in [-0.05, 0) is 24.8 Å². The summed E-state index contributed by atoms with van der Waals surface area (Å²) in [5, 5.41) is 6.33. The van der Waals surface area contributed by atoms with Gasteiger partial charge >= 0.3 is 0 Å². The van der Waals surface area contributed by atoms with Crippen LogP contribution >= 0.6 is 0 Å². The quantitative estimate of drug-likeness (QED) is 0.793. The highest BCUT2D eigenvalue weighted by Gasteiger charge is 2.17. The molecule has 0 radical (unpaired) electrons. The van der Waals surface area contributed by atoms with E-state index in [1.165, 1.54) is 0 Å². The summed E-state index contributed by atoms with van der Waals surface area (Å²) in [5.41, 5.74) is 1.16. The smallest absolute Gasteiger partial charge is 0.234 e.